The van der Waals surface area contributed by atoms with Crippen LogP contribution in [0.15, 0.2) is 0 Å². The van der Waals surface area contributed by atoms with E-state index in [2.05, 4.69) is 10.6 Å². The summed E-state index contributed by atoms with van der Waals surface area (Å²) in [7, 11) is -3.57. The smallest absolute Gasteiger partial charge is 0.306 e. The van der Waals surface area contributed by atoms with Crippen LogP contribution in [0.1, 0.15) is 32.6 Å². The van der Waals surface area contributed by atoms with Crippen LogP contribution >= 0.6 is 0 Å². The van der Waals surface area contributed by atoms with Crippen molar-refractivity contribution in [2.75, 3.05) is 13.1 Å². The summed E-state index contributed by atoms with van der Waals surface area (Å²) in [6, 6.07) is -0.271. The average Bonchev–Trinajstić information content (AvgIpc) is 2.38. The van der Waals surface area contributed by atoms with Crippen molar-refractivity contribution in [3.05, 3.63) is 0 Å². The molecule has 108 valence electrons. The molecule has 0 radical (unpaired) electrons. The summed E-state index contributed by atoms with van der Waals surface area (Å²) in [4.78, 5) is 10.8. The van der Waals surface area contributed by atoms with E-state index in [0.29, 0.717) is 25.7 Å². The standard InChI is InChI=1S/C12H20N2O4S/c1-3-5-11(4-2)13-19(17,18)14-8-6-10(7-9-14)12(15)16/h1,10-11,13H,4-9H2,2H3,(H,15,16). The quantitative estimate of drug-likeness (QED) is 0.693. The largest absolute Gasteiger partial charge is 0.481 e. The third kappa shape index (κ3) is 4.49. The maximum atomic E-state index is 12.1. The van der Waals surface area contributed by atoms with Crippen molar-refractivity contribution in [2.24, 2.45) is 5.92 Å². The molecule has 0 aromatic rings. The maximum absolute atomic E-state index is 12.1. The molecule has 1 rings (SSSR count). The molecule has 0 aromatic carbocycles. The molecule has 7 heteroatoms. The zero-order valence-electron chi connectivity index (χ0n) is 11.0. The molecule has 0 aliphatic carbocycles. The Morgan fingerprint density at radius 1 is 1.53 bits per heavy atom. The molecule has 1 aliphatic heterocycles. The van der Waals surface area contributed by atoms with Gasteiger partial charge in [0.05, 0.1) is 5.92 Å². The second kappa shape index (κ2) is 6.89. The van der Waals surface area contributed by atoms with E-state index in [1.54, 1.807) is 0 Å². The topological polar surface area (TPSA) is 86.7 Å². The minimum Gasteiger partial charge on any atom is -0.481 e. The second-order valence-electron chi connectivity index (χ2n) is 4.65. The van der Waals surface area contributed by atoms with Gasteiger partial charge in [-0.1, -0.05) is 6.92 Å². The summed E-state index contributed by atoms with van der Waals surface area (Å²) in [5.41, 5.74) is 0. The summed E-state index contributed by atoms with van der Waals surface area (Å²) >= 11 is 0. The molecule has 0 bridgehead atoms. The number of aliphatic carboxylic acids is 1. The van der Waals surface area contributed by atoms with Crippen LogP contribution in [0, 0.1) is 18.3 Å². The van der Waals surface area contributed by atoms with Crippen LogP contribution in [0.25, 0.3) is 0 Å². The zero-order chi connectivity index (χ0) is 14.5. The molecule has 0 saturated carbocycles. The number of nitrogens with zero attached hydrogens (tertiary/aromatic N) is 1. The lowest BCUT2D eigenvalue weighted by molar-refractivity contribution is -0.142. The van der Waals surface area contributed by atoms with E-state index in [-0.39, 0.29) is 19.1 Å². The molecule has 0 spiro atoms. The fraction of sp³-hybridized carbons (Fsp3) is 0.750. The maximum Gasteiger partial charge on any atom is 0.306 e. The van der Waals surface area contributed by atoms with Gasteiger partial charge in [0, 0.05) is 25.6 Å². The Hall–Kier alpha value is -1.10. The van der Waals surface area contributed by atoms with Gasteiger partial charge in [-0.2, -0.15) is 17.4 Å². The van der Waals surface area contributed by atoms with Crippen molar-refractivity contribution < 1.29 is 18.3 Å². The highest BCUT2D eigenvalue weighted by Crippen LogP contribution is 2.19. The first-order valence-electron chi connectivity index (χ1n) is 6.34. The molecular weight excluding hydrogens is 268 g/mol. The minimum absolute atomic E-state index is 0.235. The summed E-state index contributed by atoms with van der Waals surface area (Å²) < 4.78 is 28.1. The van der Waals surface area contributed by atoms with Crippen LogP contribution in [0.2, 0.25) is 0 Å². The molecule has 19 heavy (non-hydrogen) atoms. The van der Waals surface area contributed by atoms with Crippen molar-refractivity contribution in [1.82, 2.24) is 9.03 Å². The molecule has 1 atom stereocenters. The Morgan fingerprint density at radius 3 is 2.53 bits per heavy atom. The Labute approximate surface area is 114 Å². The number of rotatable bonds is 6. The number of carbonyl (C=O) groups is 1. The van der Waals surface area contributed by atoms with E-state index in [1.807, 2.05) is 6.92 Å². The molecule has 1 heterocycles. The van der Waals surface area contributed by atoms with Gasteiger partial charge in [-0.05, 0) is 19.3 Å². The van der Waals surface area contributed by atoms with Gasteiger partial charge in [-0.3, -0.25) is 4.79 Å². The SMILES string of the molecule is C#CCC(CC)NS(=O)(=O)N1CCC(C(=O)O)CC1. The molecule has 1 aliphatic rings. The molecule has 6 nitrogen and oxygen atoms in total. The predicted octanol–water partition coefficient (Wildman–Crippen LogP) is 0.419. The van der Waals surface area contributed by atoms with E-state index in [1.165, 1.54) is 4.31 Å². The highest BCUT2D eigenvalue weighted by molar-refractivity contribution is 7.87. The van der Waals surface area contributed by atoms with Crippen LogP contribution < -0.4 is 4.72 Å². The lowest BCUT2D eigenvalue weighted by atomic mass is 9.99. The van der Waals surface area contributed by atoms with Crippen molar-refractivity contribution >= 4 is 16.2 Å². The normalized spacial score (nSPS) is 19.8. The average molecular weight is 288 g/mol. The Balaban J connectivity index is 2.60. The summed E-state index contributed by atoms with van der Waals surface area (Å²) in [6.07, 6.45) is 6.86. The van der Waals surface area contributed by atoms with Gasteiger partial charge in [0.2, 0.25) is 0 Å². The highest BCUT2D eigenvalue weighted by Gasteiger charge is 2.31. The van der Waals surface area contributed by atoms with Crippen molar-refractivity contribution in [3.63, 3.8) is 0 Å². The second-order valence-corrected chi connectivity index (χ2v) is 6.35. The Kier molecular flexibility index (Phi) is 5.79. The fourth-order valence-electron chi connectivity index (χ4n) is 2.04. The number of carboxylic acids is 1. The number of piperidine rings is 1. The van der Waals surface area contributed by atoms with Crippen LogP contribution in [0.4, 0.5) is 0 Å². The molecule has 0 aromatic heterocycles. The lowest BCUT2D eigenvalue weighted by Gasteiger charge is -2.30. The van der Waals surface area contributed by atoms with Gasteiger partial charge < -0.3 is 5.11 Å². The Morgan fingerprint density at radius 2 is 2.11 bits per heavy atom. The van der Waals surface area contributed by atoms with Gasteiger partial charge in [0.15, 0.2) is 0 Å². The van der Waals surface area contributed by atoms with Crippen molar-refractivity contribution in [1.29, 1.82) is 0 Å². The third-order valence-electron chi connectivity index (χ3n) is 3.32. The van der Waals surface area contributed by atoms with E-state index in [9.17, 15) is 13.2 Å². The predicted molar refractivity (Wildman–Crippen MR) is 71.5 cm³/mol. The molecule has 1 unspecified atom stereocenters. The number of carboxylic acid groups (broad SMARTS) is 1. The Bertz CT molecular complexity index is 447. The molecule has 2 N–H and O–H groups in total. The van der Waals surface area contributed by atoms with Crippen molar-refractivity contribution in [2.45, 2.75) is 38.6 Å². The van der Waals surface area contributed by atoms with Gasteiger partial charge in [-0.25, -0.2) is 0 Å². The third-order valence-corrected chi connectivity index (χ3v) is 4.99. The summed E-state index contributed by atoms with van der Waals surface area (Å²) in [6.45, 7) is 2.33. The number of hydrogen-bond acceptors (Lipinski definition) is 3. The van der Waals surface area contributed by atoms with E-state index in [4.69, 9.17) is 11.5 Å². The number of nitrogens with one attached hydrogen (secondary N) is 1. The van der Waals surface area contributed by atoms with E-state index in [0.717, 1.165) is 0 Å². The molecule has 1 fully saturated rings. The fourth-order valence-corrected chi connectivity index (χ4v) is 3.55. The first-order chi connectivity index (χ1) is 8.90. The van der Waals surface area contributed by atoms with Crippen LogP contribution in [-0.2, 0) is 15.0 Å². The van der Waals surface area contributed by atoms with Crippen LogP contribution in [0.3, 0.4) is 0 Å². The van der Waals surface area contributed by atoms with Crippen molar-refractivity contribution in [3.8, 4) is 12.3 Å². The highest BCUT2D eigenvalue weighted by atomic mass is 32.2. The number of terminal acetylenes is 1. The first-order valence-corrected chi connectivity index (χ1v) is 7.78. The van der Waals surface area contributed by atoms with Gasteiger partial charge in [0.1, 0.15) is 0 Å². The summed E-state index contributed by atoms with van der Waals surface area (Å²) in [5.74, 6) is 1.14. The molecule has 1 saturated heterocycles. The van der Waals surface area contributed by atoms with Gasteiger partial charge in [0.25, 0.3) is 10.2 Å². The van der Waals surface area contributed by atoms with E-state index < -0.39 is 22.1 Å². The number of hydrogen-bond donors (Lipinski definition) is 2. The minimum atomic E-state index is -3.57. The summed E-state index contributed by atoms with van der Waals surface area (Å²) in [5, 5.41) is 8.88. The monoisotopic (exact) mass is 288 g/mol. The van der Waals surface area contributed by atoms with E-state index >= 15 is 0 Å². The molecule has 0 amide bonds. The molecular formula is C12H20N2O4S. The first kappa shape index (κ1) is 16.0. The zero-order valence-corrected chi connectivity index (χ0v) is 11.8. The van der Waals surface area contributed by atoms with Crippen LogP contribution in [0.5, 0.6) is 0 Å². The van der Waals surface area contributed by atoms with Gasteiger partial charge in [-0.15, -0.1) is 12.3 Å². The van der Waals surface area contributed by atoms with Crippen LogP contribution in [-0.4, -0.2) is 42.9 Å². The van der Waals surface area contributed by atoms with Gasteiger partial charge >= 0.3 is 5.97 Å². The lowest BCUT2D eigenvalue weighted by Crippen LogP contribution is -2.48.